The Morgan fingerprint density at radius 1 is 1.39 bits per heavy atom. The van der Waals surface area contributed by atoms with Crippen molar-refractivity contribution in [2.24, 2.45) is 0 Å². The lowest BCUT2D eigenvalue weighted by Gasteiger charge is -2.28. The molecule has 1 N–H and O–H groups in total. The minimum Gasteiger partial charge on any atom is -0.380 e. The second-order valence-corrected chi connectivity index (χ2v) is 4.45. The lowest BCUT2D eigenvalue weighted by atomic mass is 10.0. The first-order valence-corrected chi connectivity index (χ1v) is 5.88. The van der Waals surface area contributed by atoms with Gasteiger partial charge in [-0.3, -0.25) is 0 Å². The first-order valence-electron chi connectivity index (χ1n) is 5.88. The van der Waals surface area contributed by atoms with E-state index in [1.807, 2.05) is 6.92 Å². The average molecular weight is 252 g/mol. The molecule has 1 aliphatic heterocycles. The van der Waals surface area contributed by atoms with Crippen molar-refractivity contribution in [1.82, 2.24) is 0 Å². The van der Waals surface area contributed by atoms with Crippen LogP contribution in [0.5, 0.6) is 0 Å². The van der Waals surface area contributed by atoms with Gasteiger partial charge in [0.25, 0.3) is 0 Å². The second-order valence-electron chi connectivity index (χ2n) is 4.45. The molecule has 2 unspecified atom stereocenters. The molecule has 2 atom stereocenters. The maximum Gasteiger partial charge on any atom is 0.183 e. The third-order valence-corrected chi connectivity index (χ3v) is 3.05. The van der Waals surface area contributed by atoms with Crippen LogP contribution in [0, 0.1) is 23.0 Å². The van der Waals surface area contributed by atoms with E-state index in [-0.39, 0.29) is 23.4 Å². The van der Waals surface area contributed by atoms with Gasteiger partial charge in [0, 0.05) is 12.6 Å². The van der Waals surface area contributed by atoms with Crippen molar-refractivity contribution in [1.29, 1.82) is 5.26 Å². The van der Waals surface area contributed by atoms with Crippen molar-refractivity contribution in [3.8, 4) is 6.07 Å². The number of rotatable bonds is 2. The Kier molecular flexibility index (Phi) is 3.78. The van der Waals surface area contributed by atoms with Crippen LogP contribution in [0.15, 0.2) is 12.1 Å². The highest BCUT2D eigenvalue weighted by Crippen LogP contribution is 2.24. The second kappa shape index (κ2) is 5.32. The summed E-state index contributed by atoms with van der Waals surface area (Å²) in [5, 5.41) is 11.6. The zero-order valence-corrected chi connectivity index (χ0v) is 10.0. The average Bonchev–Trinajstić information content (AvgIpc) is 2.35. The van der Waals surface area contributed by atoms with E-state index in [0.717, 1.165) is 12.8 Å². The minimum absolute atomic E-state index is 0.0654. The molecule has 5 heteroatoms. The van der Waals surface area contributed by atoms with E-state index in [1.54, 1.807) is 6.07 Å². The van der Waals surface area contributed by atoms with Gasteiger partial charge in [0.15, 0.2) is 11.6 Å². The van der Waals surface area contributed by atoms with E-state index in [9.17, 15) is 8.78 Å². The van der Waals surface area contributed by atoms with Gasteiger partial charge in [-0.25, -0.2) is 8.78 Å². The Hall–Kier alpha value is -1.67. The first kappa shape index (κ1) is 12.8. The Morgan fingerprint density at radius 3 is 2.83 bits per heavy atom. The van der Waals surface area contributed by atoms with E-state index in [1.165, 1.54) is 12.1 Å². The number of halogens is 2. The summed E-state index contributed by atoms with van der Waals surface area (Å²) in [6.07, 6.45) is 1.62. The Morgan fingerprint density at radius 2 is 2.17 bits per heavy atom. The van der Waals surface area contributed by atoms with Gasteiger partial charge in [0.05, 0.1) is 17.4 Å². The van der Waals surface area contributed by atoms with Gasteiger partial charge < -0.3 is 10.1 Å². The monoisotopic (exact) mass is 252 g/mol. The minimum atomic E-state index is -1.09. The number of hydrogen-bond donors (Lipinski definition) is 1. The smallest absolute Gasteiger partial charge is 0.183 e. The van der Waals surface area contributed by atoms with Crippen LogP contribution in [0.25, 0.3) is 0 Å². The maximum atomic E-state index is 13.7. The number of nitriles is 1. The number of hydrogen-bond acceptors (Lipinski definition) is 3. The first-order chi connectivity index (χ1) is 8.61. The summed E-state index contributed by atoms with van der Waals surface area (Å²) in [7, 11) is 0. The third-order valence-electron chi connectivity index (χ3n) is 3.05. The van der Waals surface area contributed by atoms with Crippen molar-refractivity contribution in [2.75, 3.05) is 11.9 Å². The van der Waals surface area contributed by atoms with Gasteiger partial charge in [-0.2, -0.15) is 5.26 Å². The Bertz CT molecular complexity index is 485. The normalized spacial score (nSPS) is 23.4. The molecule has 1 heterocycles. The van der Waals surface area contributed by atoms with Crippen LogP contribution < -0.4 is 5.32 Å². The molecule has 1 aromatic rings. The fourth-order valence-corrected chi connectivity index (χ4v) is 2.10. The molecule has 1 aromatic carbocycles. The van der Waals surface area contributed by atoms with E-state index < -0.39 is 11.6 Å². The van der Waals surface area contributed by atoms with E-state index in [0.29, 0.717) is 6.61 Å². The molecule has 1 saturated heterocycles. The van der Waals surface area contributed by atoms with Crippen LogP contribution in [-0.4, -0.2) is 18.8 Å². The van der Waals surface area contributed by atoms with Gasteiger partial charge in [-0.1, -0.05) is 0 Å². The standard InChI is InChI=1S/C13H14F2N2O/c1-8-6-10(4-5-18-8)17-11-3-2-9(7-16)12(14)13(11)15/h2-3,8,10,17H,4-6H2,1H3. The molecular weight excluding hydrogens is 238 g/mol. The van der Waals surface area contributed by atoms with Gasteiger partial charge >= 0.3 is 0 Å². The van der Waals surface area contributed by atoms with E-state index in [2.05, 4.69) is 5.32 Å². The molecule has 0 aromatic heterocycles. The van der Waals surface area contributed by atoms with Crippen LogP contribution >= 0.6 is 0 Å². The molecule has 0 saturated carbocycles. The number of nitrogens with zero attached hydrogens (tertiary/aromatic N) is 1. The largest absolute Gasteiger partial charge is 0.380 e. The number of benzene rings is 1. The molecule has 2 rings (SSSR count). The molecule has 0 radical (unpaired) electrons. The fraction of sp³-hybridized carbons (Fsp3) is 0.462. The van der Waals surface area contributed by atoms with Crippen molar-refractivity contribution >= 4 is 5.69 Å². The van der Waals surface area contributed by atoms with Crippen LogP contribution in [0.1, 0.15) is 25.3 Å². The number of anilines is 1. The highest BCUT2D eigenvalue weighted by molar-refractivity contribution is 5.50. The quantitative estimate of drug-likeness (QED) is 0.880. The van der Waals surface area contributed by atoms with Gasteiger partial charge in [-0.05, 0) is 31.9 Å². The van der Waals surface area contributed by atoms with Crippen LogP contribution in [-0.2, 0) is 4.74 Å². The SMILES string of the molecule is CC1CC(Nc2ccc(C#N)c(F)c2F)CCO1. The molecule has 0 amide bonds. The van der Waals surface area contributed by atoms with Crippen LogP contribution in [0.3, 0.4) is 0 Å². The van der Waals surface area contributed by atoms with E-state index in [4.69, 9.17) is 10.00 Å². The summed E-state index contributed by atoms with van der Waals surface area (Å²) in [6, 6.07) is 4.36. The molecule has 96 valence electrons. The fourth-order valence-electron chi connectivity index (χ4n) is 2.10. The van der Waals surface area contributed by atoms with Crippen molar-refractivity contribution < 1.29 is 13.5 Å². The Balaban J connectivity index is 2.15. The number of nitrogens with one attached hydrogen (secondary N) is 1. The zero-order valence-electron chi connectivity index (χ0n) is 10.0. The molecule has 0 aliphatic carbocycles. The van der Waals surface area contributed by atoms with Gasteiger partial charge in [-0.15, -0.1) is 0 Å². The van der Waals surface area contributed by atoms with Crippen molar-refractivity contribution in [3.05, 3.63) is 29.3 Å². The highest BCUT2D eigenvalue weighted by Gasteiger charge is 2.21. The van der Waals surface area contributed by atoms with Crippen LogP contribution in [0.2, 0.25) is 0 Å². The van der Waals surface area contributed by atoms with Crippen molar-refractivity contribution in [2.45, 2.75) is 31.9 Å². The summed E-state index contributed by atoms with van der Waals surface area (Å²) in [5.41, 5.74) is -0.177. The zero-order chi connectivity index (χ0) is 13.1. The lowest BCUT2D eigenvalue weighted by Crippen LogP contribution is -2.32. The summed E-state index contributed by atoms with van der Waals surface area (Å²) < 4.78 is 32.5. The highest BCUT2D eigenvalue weighted by atomic mass is 19.2. The summed E-state index contributed by atoms with van der Waals surface area (Å²) >= 11 is 0. The number of ether oxygens (including phenoxy) is 1. The molecular formula is C13H14F2N2O. The predicted octanol–water partition coefficient (Wildman–Crippen LogP) is 2.82. The van der Waals surface area contributed by atoms with E-state index >= 15 is 0 Å². The topological polar surface area (TPSA) is 45.0 Å². The van der Waals surface area contributed by atoms with Gasteiger partial charge in [0.2, 0.25) is 0 Å². The molecule has 1 aliphatic rings. The van der Waals surface area contributed by atoms with Crippen molar-refractivity contribution in [3.63, 3.8) is 0 Å². The predicted molar refractivity (Wildman–Crippen MR) is 63.1 cm³/mol. The molecule has 1 fully saturated rings. The Labute approximate surface area is 104 Å². The molecule has 0 spiro atoms. The van der Waals surface area contributed by atoms with Gasteiger partial charge in [0.1, 0.15) is 6.07 Å². The third kappa shape index (κ3) is 2.59. The summed E-state index contributed by atoms with van der Waals surface area (Å²) in [4.78, 5) is 0. The summed E-state index contributed by atoms with van der Waals surface area (Å²) in [5.74, 6) is -2.09. The maximum absolute atomic E-state index is 13.7. The molecule has 0 bridgehead atoms. The van der Waals surface area contributed by atoms with Crippen LogP contribution in [0.4, 0.5) is 14.5 Å². The summed E-state index contributed by atoms with van der Waals surface area (Å²) in [6.45, 7) is 2.56. The lowest BCUT2D eigenvalue weighted by molar-refractivity contribution is 0.0232. The molecule has 18 heavy (non-hydrogen) atoms. The molecule has 3 nitrogen and oxygen atoms in total.